The van der Waals surface area contributed by atoms with Crippen LogP contribution in [0.1, 0.15) is 166 Å². The molecule has 0 saturated carbocycles. The average Bonchev–Trinajstić information content (AvgIpc) is 2.86. The van der Waals surface area contributed by atoms with E-state index in [9.17, 15) is 9.79 Å². The zero-order valence-corrected chi connectivity index (χ0v) is 30.5. The molecular formula is C32H57O2PS2Zn. The monoisotopic (exact) mass is 632 g/mol. The summed E-state index contributed by atoms with van der Waals surface area (Å²) in [6, 6.07) is 6.22. The summed E-state index contributed by atoms with van der Waals surface area (Å²) in [7, 11) is 0. The topological polar surface area (TPSA) is 46.1 Å². The van der Waals surface area contributed by atoms with E-state index >= 15 is 0 Å². The Morgan fingerprint density at radius 1 is 0.553 bits per heavy atom. The van der Waals surface area contributed by atoms with Gasteiger partial charge in [0.05, 0.1) is 0 Å². The quantitative estimate of drug-likeness (QED) is 0.0578. The van der Waals surface area contributed by atoms with Crippen molar-refractivity contribution in [2.75, 3.05) is 0 Å². The van der Waals surface area contributed by atoms with Crippen molar-refractivity contribution in [1.82, 2.24) is 0 Å². The molecule has 0 unspecified atom stereocenters. The number of hydrogen-bond acceptors (Lipinski definition) is 4. The molecule has 0 aliphatic carbocycles. The number of aryl methyl sites for hydroxylation is 2. The van der Waals surface area contributed by atoms with Gasteiger partial charge in [-0.1, -0.05) is 148 Å². The molecule has 0 amide bonds. The molecule has 0 radical (unpaired) electrons. The van der Waals surface area contributed by atoms with E-state index in [2.05, 4.69) is 37.8 Å². The van der Waals surface area contributed by atoms with Gasteiger partial charge < -0.3 is 9.79 Å². The first-order chi connectivity index (χ1) is 18.0. The predicted octanol–water partition coefficient (Wildman–Crippen LogP) is 10.4. The van der Waals surface area contributed by atoms with Crippen LogP contribution in [-0.2, 0) is 44.1 Å². The molecule has 0 aliphatic rings. The number of rotatable bonds is 26. The zero-order chi connectivity index (χ0) is 27.0. The molecule has 0 aromatic heterocycles. The van der Waals surface area contributed by atoms with Gasteiger partial charge in [-0.2, -0.15) is 5.69 Å². The Morgan fingerprint density at radius 2 is 0.895 bits per heavy atom. The van der Waals surface area contributed by atoms with Crippen LogP contribution in [0, 0.1) is 0 Å². The average molecular weight is 634 g/mol. The van der Waals surface area contributed by atoms with E-state index in [1.807, 2.05) is 6.07 Å². The predicted molar refractivity (Wildman–Crippen MR) is 167 cm³/mol. The van der Waals surface area contributed by atoms with Crippen molar-refractivity contribution in [2.45, 2.75) is 173 Å². The van der Waals surface area contributed by atoms with Crippen LogP contribution in [0.15, 0.2) is 23.1 Å². The molecule has 0 N–H and O–H groups in total. The van der Waals surface area contributed by atoms with Gasteiger partial charge in [0.1, 0.15) is 0 Å². The maximum absolute atomic E-state index is 11.6. The van der Waals surface area contributed by atoms with E-state index in [-0.39, 0.29) is 19.5 Å². The first-order valence-electron chi connectivity index (χ1n) is 15.8. The molecule has 0 saturated heterocycles. The van der Waals surface area contributed by atoms with E-state index in [4.69, 9.17) is 0 Å². The third-order valence-electron chi connectivity index (χ3n) is 7.49. The fourth-order valence-corrected chi connectivity index (χ4v) is 7.70. The molecule has 6 heteroatoms. The minimum Gasteiger partial charge on any atom is -0.824 e. The molecule has 0 fully saturated rings. The minimum atomic E-state index is -3.78. The van der Waals surface area contributed by atoms with E-state index in [1.54, 1.807) is 0 Å². The second-order valence-electron chi connectivity index (χ2n) is 11.0. The molecule has 1 aromatic carbocycles. The maximum Gasteiger partial charge on any atom is 2.00 e. The van der Waals surface area contributed by atoms with Gasteiger partial charge in [-0.25, -0.2) is 0 Å². The summed E-state index contributed by atoms with van der Waals surface area (Å²) in [6.45, 7) is 4.55. The van der Waals surface area contributed by atoms with Gasteiger partial charge in [-0.05, 0) is 48.9 Å². The van der Waals surface area contributed by atoms with Crippen LogP contribution in [0.2, 0.25) is 0 Å². The Balaban J connectivity index is 0.0000137. The summed E-state index contributed by atoms with van der Waals surface area (Å²) in [6.07, 6.45) is 32.0. The fourth-order valence-electron chi connectivity index (χ4n) is 5.22. The second-order valence-corrected chi connectivity index (χ2v) is 16.7. The van der Waals surface area contributed by atoms with Crippen molar-refractivity contribution in [2.24, 2.45) is 0 Å². The molecule has 0 aliphatic heterocycles. The van der Waals surface area contributed by atoms with Crippen LogP contribution in [0.4, 0.5) is 0 Å². The van der Waals surface area contributed by atoms with Gasteiger partial charge in [-0.15, -0.1) is 23.2 Å². The van der Waals surface area contributed by atoms with Crippen molar-refractivity contribution < 1.29 is 29.3 Å². The smallest absolute Gasteiger partial charge is 0.824 e. The van der Waals surface area contributed by atoms with Crippen LogP contribution in [-0.4, -0.2) is 0 Å². The first-order valence-corrected chi connectivity index (χ1v) is 19.9. The molecule has 0 atom stereocenters. The summed E-state index contributed by atoms with van der Waals surface area (Å²) >= 11 is 5.49. The number of hydrogen-bond donors (Lipinski definition) is 0. The third-order valence-corrected chi connectivity index (χ3v) is 10.2. The van der Waals surface area contributed by atoms with Crippen molar-refractivity contribution in [1.29, 1.82) is 0 Å². The van der Waals surface area contributed by atoms with Crippen LogP contribution in [0.25, 0.3) is 0 Å². The Bertz CT molecular complexity index is 711. The number of benzene rings is 1. The standard InChI is InChI=1S/C32H59O2PS2.Zn/c1-3-5-7-9-11-13-15-17-19-21-23-25-30-27-28-32(37-35(33,34)36)29-31(30)26-24-22-20-18-16-14-12-10-8-6-4-2;/h27-29H,3-26H2,1-2H3,(H2,33,34,36);/q;+2/p-2. The van der Waals surface area contributed by atoms with Gasteiger partial charge in [0, 0.05) is 4.90 Å². The van der Waals surface area contributed by atoms with Crippen molar-refractivity contribution in [3.05, 3.63) is 29.3 Å². The van der Waals surface area contributed by atoms with Gasteiger partial charge in [0.2, 0.25) is 0 Å². The van der Waals surface area contributed by atoms with E-state index < -0.39 is 5.69 Å². The summed E-state index contributed by atoms with van der Waals surface area (Å²) in [5, 5.41) is 0. The van der Waals surface area contributed by atoms with Crippen LogP contribution in [0.3, 0.4) is 0 Å². The zero-order valence-electron chi connectivity index (χ0n) is 25.0. The SMILES string of the molecule is CCCCCCCCCCCCCc1ccc(SP([O-])([O-])=S)cc1CCCCCCCCCCCCC.[Zn+2]. The van der Waals surface area contributed by atoms with E-state index in [1.165, 1.54) is 152 Å². The molecule has 0 spiro atoms. The Labute approximate surface area is 259 Å². The molecule has 1 rings (SSSR count). The summed E-state index contributed by atoms with van der Waals surface area (Å²) < 4.78 is 0. The molecule has 0 heterocycles. The van der Waals surface area contributed by atoms with E-state index in [0.717, 1.165) is 29.1 Å². The van der Waals surface area contributed by atoms with Crippen molar-refractivity contribution >= 4 is 28.9 Å². The largest absolute Gasteiger partial charge is 2.00 e. The Hall–Kier alpha value is 0.763. The molecule has 216 valence electrons. The number of unbranched alkanes of at least 4 members (excludes halogenated alkanes) is 20. The van der Waals surface area contributed by atoms with Gasteiger partial charge in [0.25, 0.3) is 0 Å². The van der Waals surface area contributed by atoms with Gasteiger partial charge >= 0.3 is 19.5 Å². The van der Waals surface area contributed by atoms with E-state index in [0.29, 0.717) is 0 Å². The molecule has 2 nitrogen and oxygen atoms in total. The van der Waals surface area contributed by atoms with Gasteiger partial charge in [-0.3, -0.25) is 0 Å². The summed E-state index contributed by atoms with van der Waals surface area (Å²) in [4.78, 5) is 24.1. The molecule has 1 aromatic rings. The third kappa shape index (κ3) is 23.5. The van der Waals surface area contributed by atoms with Crippen LogP contribution in [0.5, 0.6) is 0 Å². The van der Waals surface area contributed by atoms with Gasteiger partial charge in [0.15, 0.2) is 0 Å². The first kappa shape index (κ1) is 38.8. The normalized spacial score (nSPS) is 11.6. The van der Waals surface area contributed by atoms with Crippen molar-refractivity contribution in [3.63, 3.8) is 0 Å². The van der Waals surface area contributed by atoms with Crippen molar-refractivity contribution in [3.8, 4) is 0 Å². The fraction of sp³-hybridized carbons (Fsp3) is 0.812. The molecule has 0 bridgehead atoms. The van der Waals surface area contributed by atoms with Crippen LogP contribution < -0.4 is 9.79 Å². The van der Waals surface area contributed by atoms with Crippen LogP contribution >= 0.6 is 17.1 Å². The molecule has 38 heavy (non-hydrogen) atoms. The summed E-state index contributed by atoms with van der Waals surface area (Å²) in [5.41, 5.74) is -1.02. The second kappa shape index (κ2) is 26.6. The Kier molecular flexibility index (Phi) is 27.2. The summed E-state index contributed by atoms with van der Waals surface area (Å²) in [5.74, 6) is 0. The minimum absolute atomic E-state index is 0. The maximum atomic E-state index is 11.6. The molecular weight excluding hydrogens is 577 g/mol. The Morgan fingerprint density at radius 3 is 1.26 bits per heavy atom.